The largest absolute Gasteiger partial charge is 0.870 e. The Hall–Kier alpha value is 0.239. The Morgan fingerprint density at radius 3 is 1.24 bits per heavy atom. The maximum Gasteiger partial charge on any atom is 0.268 e. The number of ether oxygens (including phenoxy) is 12. The lowest BCUT2D eigenvalue weighted by atomic mass is 9.77. The van der Waals surface area contributed by atoms with Gasteiger partial charge in [-0.15, -0.1) is 0 Å². The first-order chi connectivity index (χ1) is 52.5. The number of fused-ring (bicyclic) bond motifs is 3. The van der Waals surface area contributed by atoms with E-state index < -0.39 is 122 Å². The van der Waals surface area contributed by atoms with Crippen molar-refractivity contribution in [2.45, 2.75) is 350 Å². The van der Waals surface area contributed by atoms with Gasteiger partial charge in [-0.3, -0.25) is 18.3 Å². The lowest BCUT2D eigenvalue weighted by molar-refractivity contribution is -0.244. The molecule has 32 atom stereocenters. The Labute approximate surface area is 692 Å². The second kappa shape index (κ2) is 51.1. The van der Waals surface area contributed by atoms with Crippen molar-refractivity contribution in [3.63, 3.8) is 0 Å². The molecule has 0 amide bonds. The van der Waals surface area contributed by atoms with Gasteiger partial charge in [0.1, 0.15) is 55.8 Å². The van der Waals surface area contributed by atoms with E-state index in [-0.39, 0.29) is 197 Å². The third-order valence-electron chi connectivity index (χ3n) is 19.7. The summed E-state index contributed by atoms with van der Waals surface area (Å²) in [7, 11) is 28.5. The molecule has 654 valence electrons. The summed E-state index contributed by atoms with van der Waals surface area (Å²) in [6, 6.07) is -1.79. The van der Waals surface area contributed by atoms with Crippen molar-refractivity contribution >= 4 is 94.1 Å². The zero-order valence-electron chi connectivity index (χ0n) is 69.3. The first kappa shape index (κ1) is 109. The Kier molecular flexibility index (Phi) is 48.7. The molecule has 0 aromatic carbocycles. The minimum absolute atomic E-state index is 0. The quantitative estimate of drug-likeness (QED) is 0.0572. The van der Waals surface area contributed by atoms with E-state index in [1.807, 2.05) is 111 Å². The average molecular weight is 1710 g/mol. The normalized spacial score (nSPS) is 39.8. The summed E-state index contributed by atoms with van der Waals surface area (Å²) in [5, 5.41) is 38.8. The first-order valence-corrected chi connectivity index (χ1v) is 45.3. The second-order valence-corrected chi connectivity index (χ2v) is 37.8. The number of aliphatic hydroxyl groups is 4. The van der Waals surface area contributed by atoms with Gasteiger partial charge < -0.3 is 144 Å². The molecule has 6 N–H and O–H groups in total. The van der Waals surface area contributed by atoms with Crippen LogP contribution < -0.4 is 19.6 Å². The van der Waals surface area contributed by atoms with Gasteiger partial charge in [-0.2, -0.15) is 0 Å². The number of phosphoric acid groups is 4. The predicted octanol–water partition coefficient (Wildman–Crippen LogP) is 2.68. The number of phosphoric ester groups is 4. The van der Waals surface area contributed by atoms with Gasteiger partial charge in [-0.25, -0.2) is 0 Å². The van der Waals surface area contributed by atoms with Crippen LogP contribution in [0.3, 0.4) is 0 Å². The number of aliphatic hydroxyl groups excluding tert-OH is 4. The maximum absolute atomic E-state index is 12.3. The SMILES string of the molecule is [B][C@H]1C[C@@H](O)[C@@H](COC(C)C)O1.[B][C@H]1C[C@@H](OC(C)C)[C@@H](CO)O1.[B][C@H]1C[C@@H](OC(C)C)[C@@H](COP(=O)([O-])O[C@@H]2C[C@H]([B])C(O)[C@@H]2COC(C)C)O1.[B][C@H]1C[C@@H](OC(C)C)[C@H]2COP(=O)([O-])OC12.[B][C@H]1C[C@@H](OP(=O)([O-])OC[C@H]2C(O)[C@@H]([B])C[C@H]2OC(C)C)[C@@H](COC(C)C)O1.[B][C@H]1C[C@H]2OP(=O)([O-])OCC1[C@@H]2COC(C)C.[OH-].[OH-]. The zero-order chi connectivity index (χ0) is 84.9. The summed E-state index contributed by atoms with van der Waals surface area (Å²) in [4.78, 5) is 47.2. The fourth-order valence-corrected chi connectivity index (χ4v) is 18.4. The van der Waals surface area contributed by atoms with Crippen LogP contribution in [0.25, 0.3) is 0 Å². The van der Waals surface area contributed by atoms with Crippen LogP contribution in [0.4, 0.5) is 0 Å². The third-order valence-corrected chi connectivity index (χ3v) is 23.6. The number of hydrogen-bond donors (Lipinski definition) is 4. The van der Waals surface area contributed by atoms with Crippen LogP contribution in [0, 0.1) is 29.6 Å². The standard InChI is InChI=1S/2C17H31B2O8P.C10H18BO5P.C9H16BO5P.2C8H15BO3.2H2O/c1-9(2)23-8-15-14(6-16(19)26-15)27-28(21,22)24-7-11-13(25-10(3)4)5-12(18)17(11)20;1-9(2)23-7-11-13(5-12(18)17(11)20)27-28(21,22)24-8-15-14(25-10(3)4)6-16(19)26-15;1-6(2)14-4-8-7-5-15-17(12,13)16-10(8)3-9(7)11;1-5(2)14-8-3-7(10)9-6(8)4-13-16(11,12)15-9;1-5(2)11-4-7-6(10)3-8(9)12-7;1-5(2)11-6-3-8(9)12-7(6)4-10;;/h2*9-17,20H,5-8H2,1-4H3,(H,21,22);6-10H,3-5H2,1-2H3,(H,12,13);5-9H,3-4H2,1-2H3,(H,11,12);2*5-8,10H,3-4H2,1-2H3;2*1H2/p-6/t2*11-,12+,13-,14-,15-,16-,17?;7?,8-,9-,10+;6-,7+,8-,9?;2*6-,7-,8-;;/m110111../s1. The molecule has 6 heterocycles. The smallest absolute Gasteiger partial charge is 0.268 e. The highest BCUT2D eigenvalue weighted by Crippen LogP contribution is 2.56. The van der Waals surface area contributed by atoms with Crippen LogP contribution in [-0.2, 0) is 111 Å². The molecule has 4 saturated carbocycles. The summed E-state index contributed by atoms with van der Waals surface area (Å²) in [5.74, 6) is -2.70. The molecule has 0 spiro atoms. The van der Waals surface area contributed by atoms with Gasteiger partial charge in [0.15, 0.2) is 0 Å². The average Bonchev–Trinajstić information content (AvgIpc) is 1.64. The summed E-state index contributed by atoms with van der Waals surface area (Å²) in [6.07, 6.45) is -3.55. The molecule has 10 fully saturated rings. The van der Waals surface area contributed by atoms with Crippen molar-refractivity contribution < 1.29 is 162 Å². The van der Waals surface area contributed by atoms with E-state index in [4.69, 9.17) is 156 Å². The molecular formula is C69H124B8O34P4-6. The summed E-state index contributed by atoms with van der Waals surface area (Å²) in [6.45, 7) is 31.3. The van der Waals surface area contributed by atoms with E-state index >= 15 is 0 Å². The van der Waals surface area contributed by atoms with Crippen molar-refractivity contribution in [2.75, 3.05) is 59.5 Å². The van der Waals surface area contributed by atoms with Gasteiger partial charge in [0.25, 0.3) is 31.3 Å². The van der Waals surface area contributed by atoms with Crippen molar-refractivity contribution in [3.8, 4) is 0 Å². The second-order valence-electron chi connectivity index (χ2n) is 32.3. The van der Waals surface area contributed by atoms with E-state index in [0.717, 1.165) is 0 Å². The molecule has 0 aromatic rings. The van der Waals surface area contributed by atoms with E-state index in [1.54, 1.807) is 0 Å². The van der Waals surface area contributed by atoms with Gasteiger partial charge in [0, 0.05) is 47.7 Å². The highest BCUT2D eigenvalue weighted by molar-refractivity contribution is 7.46. The molecule has 10 aliphatic rings. The molecule has 115 heavy (non-hydrogen) atoms. The summed E-state index contributed by atoms with van der Waals surface area (Å²) >= 11 is 0. The minimum atomic E-state index is -4.66. The van der Waals surface area contributed by atoms with Crippen LogP contribution in [0.15, 0.2) is 0 Å². The van der Waals surface area contributed by atoms with Crippen LogP contribution >= 0.6 is 31.3 Å². The lowest BCUT2D eigenvalue weighted by Gasteiger charge is -2.38. The monoisotopic (exact) mass is 1710 g/mol. The fourth-order valence-electron chi connectivity index (χ4n) is 14.4. The van der Waals surface area contributed by atoms with Gasteiger partial charge >= 0.3 is 0 Å². The zero-order valence-corrected chi connectivity index (χ0v) is 72.9. The summed E-state index contributed by atoms with van der Waals surface area (Å²) < 4.78 is 153. The topological polar surface area (TPSA) is 486 Å². The Morgan fingerprint density at radius 2 is 0.765 bits per heavy atom. The molecule has 46 heteroatoms. The van der Waals surface area contributed by atoms with Crippen molar-refractivity contribution in [1.29, 1.82) is 0 Å². The Morgan fingerprint density at radius 1 is 0.400 bits per heavy atom. The highest BCUT2D eigenvalue weighted by Gasteiger charge is 2.50. The van der Waals surface area contributed by atoms with Crippen molar-refractivity contribution in [1.82, 2.24) is 0 Å². The van der Waals surface area contributed by atoms with E-state index in [2.05, 4.69) is 4.52 Å². The van der Waals surface area contributed by atoms with Gasteiger partial charge in [0.05, 0.1) is 207 Å². The number of rotatable bonds is 31. The maximum atomic E-state index is 12.3. The first-order valence-electron chi connectivity index (χ1n) is 39.4. The lowest BCUT2D eigenvalue weighted by Crippen LogP contribution is -2.38. The molecule has 6 aliphatic heterocycles. The molecule has 6 saturated heterocycles. The number of hydrogen-bond acceptors (Lipinski definition) is 34. The van der Waals surface area contributed by atoms with Gasteiger partial charge in [0.2, 0.25) is 0 Å². The fraction of sp³-hybridized carbons (Fsp3) is 1.00. The van der Waals surface area contributed by atoms with Crippen LogP contribution in [0.5, 0.6) is 0 Å². The molecule has 10 rings (SSSR count). The Balaban J connectivity index is 0.000000367. The molecule has 34 nitrogen and oxygen atoms in total. The molecule has 0 aromatic heterocycles. The molecule has 4 aliphatic carbocycles. The van der Waals surface area contributed by atoms with Crippen LogP contribution in [-0.4, -0.2) is 318 Å². The van der Waals surface area contributed by atoms with Crippen molar-refractivity contribution in [3.05, 3.63) is 0 Å². The van der Waals surface area contributed by atoms with Crippen molar-refractivity contribution in [2.24, 2.45) is 29.6 Å². The molecular weight excluding hydrogens is 1580 g/mol. The Bertz CT molecular complexity index is 2900. The predicted molar refractivity (Wildman–Crippen MR) is 417 cm³/mol. The van der Waals surface area contributed by atoms with Crippen LogP contribution in [0.2, 0.25) is 23.3 Å². The highest BCUT2D eigenvalue weighted by atomic mass is 31.2. The minimum Gasteiger partial charge on any atom is -0.870 e. The van der Waals surface area contributed by atoms with Crippen LogP contribution in [0.1, 0.15) is 162 Å². The summed E-state index contributed by atoms with van der Waals surface area (Å²) in [5.41, 5.74) is 0. The molecule has 16 radical (unpaired) electrons. The molecule has 2 bridgehead atoms. The molecule has 8 unspecified atom stereocenters. The third kappa shape index (κ3) is 38.1. The van der Waals surface area contributed by atoms with Gasteiger partial charge in [-0.05, 0) is 186 Å². The van der Waals surface area contributed by atoms with E-state index in [9.17, 15) is 53.2 Å². The van der Waals surface area contributed by atoms with Gasteiger partial charge in [-0.1, -0.05) is 5.82 Å². The van der Waals surface area contributed by atoms with E-state index in [0.29, 0.717) is 51.7 Å². The van der Waals surface area contributed by atoms with E-state index in [1.165, 1.54) is 0 Å².